The van der Waals surface area contributed by atoms with Crippen molar-refractivity contribution in [3.63, 3.8) is 0 Å². The van der Waals surface area contributed by atoms with E-state index in [0.29, 0.717) is 10.0 Å². The maximum atomic E-state index is 6.04. The van der Waals surface area contributed by atoms with Gasteiger partial charge in [-0.25, -0.2) is 5.43 Å². The molecule has 0 aromatic heterocycles. The smallest absolute Gasteiger partial charge is 0.0713 e. The van der Waals surface area contributed by atoms with Gasteiger partial charge in [-0.3, -0.25) is 5.84 Å². The fourth-order valence-corrected chi connectivity index (χ4v) is 2.35. The second-order valence-corrected chi connectivity index (χ2v) is 5.03. The summed E-state index contributed by atoms with van der Waals surface area (Å²) in [6.45, 7) is 2.03. The van der Waals surface area contributed by atoms with Crippen LogP contribution in [-0.4, -0.2) is 0 Å². The summed E-state index contributed by atoms with van der Waals surface area (Å²) >= 11 is 12.1. The molecule has 0 bridgehead atoms. The molecule has 4 heteroatoms. The Balaban J connectivity index is 2.48. The molecule has 2 aromatic carbocycles. The third-order valence-electron chi connectivity index (χ3n) is 2.90. The molecule has 94 valence electrons. The average molecular weight is 281 g/mol. The van der Waals surface area contributed by atoms with E-state index in [1.54, 1.807) is 0 Å². The number of aryl methyl sites for hydroxylation is 1. The maximum Gasteiger partial charge on any atom is 0.0713 e. The lowest BCUT2D eigenvalue weighted by Crippen LogP contribution is -2.29. The highest BCUT2D eigenvalue weighted by Gasteiger charge is 2.15. The summed E-state index contributed by atoms with van der Waals surface area (Å²) < 4.78 is 0. The fraction of sp³-hybridized carbons (Fsp3) is 0.143. The van der Waals surface area contributed by atoms with Crippen LogP contribution < -0.4 is 11.3 Å². The monoisotopic (exact) mass is 280 g/mol. The number of nitrogens with one attached hydrogen (secondary N) is 1. The van der Waals surface area contributed by atoms with Crippen molar-refractivity contribution in [2.45, 2.75) is 13.0 Å². The predicted octanol–water partition coefficient (Wildman–Crippen LogP) is 3.85. The molecule has 2 aromatic rings. The Morgan fingerprint density at radius 3 is 2.44 bits per heavy atom. The summed E-state index contributed by atoms with van der Waals surface area (Å²) in [5, 5.41) is 1.38. The van der Waals surface area contributed by atoms with E-state index in [9.17, 15) is 0 Å². The molecule has 1 atom stereocenters. The minimum atomic E-state index is -0.123. The van der Waals surface area contributed by atoms with Gasteiger partial charge in [0.25, 0.3) is 0 Å². The molecule has 0 amide bonds. The molecule has 0 heterocycles. The van der Waals surface area contributed by atoms with E-state index in [0.717, 1.165) is 16.7 Å². The first-order valence-electron chi connectivity index (χ1n) is 5.59. The van der Waals surface area contributed by atoms with E-state index in [4.69, 9.17) is 29.0 Å². The van der Waals surface area contributed by atoms with E-state index in [1.807, 2.05) is 49.4 Å². The Morgan fingerprint density at radius 1 is 1.06 bits per heavy atom. The Kier molecular flexibility index (Phi) is 4.25. The van der Waals surface area contributed by atoms with Crippen LogP contribution in [0.3, 0.4) is 0 Å². The Hall–Kier alpha value is -1.06. The topological polar surface area (TPSA) is 38.0 Å². The van der Waals surface area contributed by atoms with E-state index < -0.39 is 0 Å². The van der Waals surface area contributed by atoms with E-state index in [1.165, 1.54) is 0 Å². The summed E-state index contributed by atoms with van der Waals surface area (Å²) in [4.78, 5) is 0. The minimum Gasteiger partial charge on any atom is -0.271 e. The average Bonchev–Trinajstić information content (AvgIpc) is 2.35. The zero-order valence-electron chi connectivity index (χ0n) is 9.95. The molecule has 0 aliphatic carbocycles. The zero-order valence-corrected chi connectivity index (χ0v) is 11.5. The Bertz CT molecular complexity index is 555. The highest BCUT2D eigenvalue weighted by Crippen LogP contribution is 2.28. The molecular weight excluding hydrogens is 267 g/mol. The number of benzene rings is 2. The number of halogens is 2. The summed E-state index contributed by atoms with van der Waals surface area (Å²) in [5.41, 5.74) is 6.00. The number of hydrazine groups is 1. The van der Waals surface area contributed by atoms with Crippen molar-refractivity contribution in [3.05, 3.63) is 69.2 Å². The number of rotatable bonds is 3. The molecule has 0 aliphatic rings. The summed E-state index contributed by atoms with van der Waals surface area (Å²) in [6, 6.07) is 13.3. The molecule has 0 saturated carbocycles. The van der Waals surface area contributed by atoms with Crippen LogP contribution in [0.5, 0.6) is 0 Å². The van der Waals surface area contributed by atoms with Gasteiger partial charge in [0.2, 0.25) is 0 Å². The molecule has 0 radical (unpaired) electrons. The van der Waals surface area contributed by atoms with Crippen LogP contribution in [-0.2, 0) is 0 Å². The number of hydrogen-bond acceptors (Lipinski definition) is 2. The van der Waals surface area contributed by atoms with Crippen LogP contribution in [0.25, 0.3) is 0 Å². The fourth-order valence-electron chi connectivity index (χ4n) is 1.97. The van der Waals surface area contributed by atoms with Crippen LogP contribution >= 0.6 is 23.2 Å². The Morgan fingerprint density at radius 2 is 1.78 bits per heavy atom. The summed E-state index contributed by atoms with van der Waals surface area (Å²) in [6.07, 6.45) is 0. The van der Waals surface area contributed by atoms with Gasteiger partial charge in [-0.2, -0.15) is 0 Å². The van der Waals surface area contributed by atoms with Crippen molar-refractivity contribution in [2.24, 2.45) is 5.84 Å². The second-order valence-electron chi connectivity index (χ2n) is 4.16. The molecule has 2 rings (SSSR count). The standard InChI is InChI=1S/C14H14Cl2N2/c1-9-5-6-12(16)8-13(9)14(18-17)10-3-2-4-11(15)7-10/h2-8,14,18H,17H2,1H3. The van der Waals surface area contributed by atoms with Gasteiger partial charge in [0.15, 0.2) is 0 Å². The highest BCUT2D eigenvalue weighted by atomic mass is 35.5. The molecule has 0 spiro atoms. The SMILES string of the molecule is Cc1ccc(Cl)cc1C(NN)c1cccc(Cl)c1. The minimum absolute atomic E-state index is 0.123. The Labute approximate surface area is 117 Å². The lowest BCUT2D eigenvalue weighted by atomic mass is 9.95. The molecule has 18 heavy (non-hydrogen) atoms. The van der Waals surface area contributed by atoms with E-state index in [-0.39, 0.29) is 6.04 Å². The second kappa shape index (κ2) is 5.72. The quantitative estimate of drug-likeness (QED) is 0.662. The molecule has 2 nitrogen and oxygen atoms in total. The van der Waals surface area contributed by atoms with Crippen LogP contribution in [0, 0.1) is 6.92 Å². The molecule has 1 unspecified atom stereocenters. The predicted molar refractivity (Wildman–Crippen MR) is 76.8 cm³/mol. The van der Waals surface area contributed by atoms with Crippen molar-refractivity contribution >= 4 is 23.2 Å². The summed E-state index contributed by atoms with van der Waals surface area (Å²) in [7, 11) is 0. The summed E-state index contributed by atoms with van der Waals surface area (Å²) in [5.74, 6) is 5.67. The van der Waals surface area contributed by atoms with Gasteiger partial charge in [0, 0.05) is 10.0 Å². The number of nitrogens with two attached hydrogens (primary N) is 1. The van der Waals surface area contributed by atoms with Gasteiger partial charge in [-0.05, 0) is 47.9 Å². The third-order valence-corrected chi connectivity index (χ3v) is 3.37. The number of hydrogen-bond donors (Lipinski definition) is 2. The maximum absolute atomic E-state index is 6.04. The van der Waals surface area contributed by atoms with Gasteiger partial charge in [0.1, 0.15) is 0 Å². The van der Waals surface area contributed by atoms with Crippen molar-refractivity contribution in [1.29, 1.82) is 0 Å². The third kappa shape index (κ3) is 2.85. The van der Waals surface area contributed by atoms with Crippen LogP contribution in [0.15, 0.2) is 42.5 Å². The lowest BCUT2D eigenvalue weighted by molar-refractivity contribution is 0.634. The van der Waals surface area contributed by atoms with Gasteiger partial charge in [0.05, 0.1) is 6.04 Å². The van der Waals surface area contributed by atoms with Crippen LogP contribution in [0.4, 0.5) is 0 Å². The van der Waals surface area contributed by atoms with Gasteiger partial charge in [-0.15, -0.1) is 0 Å². The normalized spacial score (nSPS) is 12.4. The molecule has 0 saturated heterocycles. The van der Waals surface area contributed by atoms with Crippen LogP contribution in [0.2, 0.25) is 10.0 Å². The molecular formula is C14H14Cl2N2. The van der Waals surface area contributed by atoms with Crippen LogP contribution in [0.1, 0.15) is 22.7 Å². The first-order chi connectivity index (χ1) is 8.61. The van der Waals surface area contributed by atoms with Crippen molar-refractivity contribution in [2.75, 3.05) is 0 Å². The zero-order chi connectivity index (χ0) is 13.1. The first kappa shape index (κ1) is 13.4. The highest BCUT2D eigenvalue weighted by molar-refractivity contribution is 6.31. The van der Waals surface area contributed by atoms with E-state index >= 15 is 0 Å². The van der Waals surface area contributed by atoms with Gasteiger partial charge >= 0.3 is 0 Å². The molecule has 0 aliphatic heterocycles. The van der Waals surface area contributed by atoms with Gasteiger partial charge < -0.3 is 0 Å². The van der Waals surface area contributed by atoms with E-state index in [2.05, 4.69) is 5.43 Å². The molecule has 0 fully saturated rings. The largest absolute Gasteiger partial charge is 0.271 e. The van der Waals surface area contributed by atoms with Crippen molar-refractivity contribution < 1.29 is 0 Å². The van der Waals surface area contributed by atoms with Crippen molar-refractivity contribution in [3.8, 4) is 0 Å². The lowest BCUT2D eigenvalue weighted by Gasteiger charge is -2.19. The van der Waals surface area contributed by atoms with Gasteiger partial charge in [-0.1, -0.05) is 41.4 Å². The first-order valence-corrected chi connectivity index (χ1v) is 6.35. The van der Waals surface area contributed by atoms with Crippen molar-refractivity contribution in [1.82, 2.24) is 5.43 Å². The molecule has 3 N–H and O–H groups in total.